The molecule has 2 rings (SSSR count). The highest BCUT2D eigenvalue weighted by atomic mass is 16.6. The number of nitriles is 1. The molecule has 0 bridgehead atoms. The molecule has 0 spiro atoms. The van der Waals surface area contributed by atoms with Crippen LogP contribution in [-0.2, 0) is 14.9 Å². The molecule has 6 heteroatoms. The largest absolute Gasteiger partial charge is 0.459 e. The van der Waals surface area contributed by atoms with Gasteiger partial charge in [-0.25, -0.2) is 4.98 Å². The predicted molar refractivity (Wildman–Crippen MR) is 79.8 cm³/mol. The monoisotopic (exact) mass is 298 g/mol. The van der Waals surface area contributed by atoms with Crippen molar-refractivity contribution < 1.29 is 9.53 Å². The van der Waals surface area contributed by atoms with Gasteiger partial charge in [0.25, 0.3) is 0 Å². The van der Waals surface area contributed by atoms with Gasteiger partial charge in [-0.15, -0.1) is 0 Å². The molecule has 2 heterocycles. The van der Waals surface area contributed by atoms with Gasteiger partial charge in [0.15, 0.2) is 5.69 Å². The van der Waals surface area contributed by atoms with Crippen molar-refractivity contribution in [1.82, 2.24) is 15.0 Å². The summed E-state index contributed by atoms with van der Waals surface area (Å²) >= 11 is 0. The maximum atomic E-state index is 12.8. The van der Waals surface area contributed by atoms with E-state index >= 15 is 0 Å². The van der Waals surface area contributed by atoms with Crippen LogP contribution >= 0.6 is 0 Å². The molecule has 0 aliphatic rings. The summed E-state index contributed by atoms with van der Waals surface area (Å²) in [5.41, 5.74) is -0.657. The van der Waals surface area contributed by atoms with Gasteiger partial charge in [-0.3, -0.25) is 9.78 Å². The van der Waals surface area contributed by atoms with Crippen molar-refractivity contribution in [2.45, 2.75) is 38.7 Å². The van der Waals surface area contributed by atoms with Gasteiger partial charge in [0, 0.05) is 11.9 Å². The van der Waals surface area contributed by atoms with Crippen LogP contribution in [0.4, 0.5) is 0 Å². The first-order valence-electron chi connectivity index (χ1n) is 6.87. The number of hydrogen-bond donors (Lipinski definition) is 1. The number of carbonyl (C=O) groups excluding carboxylic acids is 1. The van der Waals surface area contributed by atoms with E-state index < -0.39 is 17.0 Å². The Morgan fingerprint density at radius 1 is 1.32 bits per heavy atom. The van der Waals surface area contributed by atoms with Gasteiger partial charge in [-0.2, -0.15) is 5.26 Å². The lowest BCUT2D eigenvalue weighted by Gasteiger charge is -2.30. The van der Waals surface area contributed by atoms with Crippen molar-refractivity contribution in [3.8, 4) is 6.07 Å². The topological polar surface area (TPSA) is 91.7 Å². The Hall–Kier alpha value is -2.68. The van der Waals surface area contributed by atoms with Crippen LogP contribution in [-0.4, -0.2) is 26.5 Å². The van der Waals surface area contributed by atoms with Crippen molar-refractivity contribution in [3.63, 3.8) is 0 Å². The van der Waals surface area contributed by atoms with Gasteiger partial charge in [-0.1, -0.05) is 0 Å². The molecule has 2 aromatic heterocycles. The third kappa shape index (κ3) is 2.98. The lowest BCUT2D eigenvalue weighted by atomic mass is 9.83. The number of ether oxygens (including phenoxy) is 1. The van der Waals surface area contributed by atoms with Crippen molar-refractivity contribution in [2.75, 3.05) is 0 Å². The molecule has 2 aromatic rings. The lowest BCUT2D eigenvalue weighted by Crippen LogP contribution is -2.41. The fraction of sp³-hybridized carbons (Fsp3) is 0.375. The summed E-state index contributed by atoms with van der Waals surface area (Å²) < 4.78 is 5.54. The zero-order chi connectivity index (χ0) is 16.4. The van der Waals surface area contributed by atoms with Crippen LogP contribution in [0.2, 0.25) is 0 Å². The van der Waals surface area contributed by atoms with E-state index in [1.807, 2.05) is 6.07 Å². The fourth-order valence-electron chi connectivity index (χ4n) is 2.03. The minimum absolute atomic E-state index is 0.152. The molecular formula is C16H18N4O2. The average Bonchev–Trinajstić information content (AvgIpc) is 2.99. The van der Waals surface area contributed by atoms with Crippen LogP contribution < -0.4 is 0 Å². The molecule has 6 nitrogen and oxygen atoms in total. The van der Waals surface area contributed by atoms with Crippen molar-refractivity contribution in [1.29, 1.82) is 5.26 Å². The van der Waals surface area contributed by atoms with Crippen LogP contribution in [0, 0.1) is 11.3 Å². The van der Waals surface area contributed by atoms with Crippen LogP contribution in [0.25, 0.3) is 0 Å². The summed E-state index contributed by atoms with van der Waals surface area (Å²) in [5.74, 6) is -0.452. The van der Waals surface area contributed by atoms with Crippen molar-refractivity contribution in [2.24, 2.45) is 0 Å². The lowest BCUT2D eigenvalue weighted by molar-refractivity contribution is -0.160. The SMILES string of the molecule is CC(C)(C)OC(=O)C(C)(c1cncc(C#N)n1)c1ccc[nH]1. The summed E-state index contributed by atoms with van der Waals surface area (Å²) in [4.78, 5) is 24.0. The number of nitrogens with zero attached hydrogens (tertiary/aromatic N) is 3. The van der Waals surface area contributed by atoms with Crippen molar-refractivity contribution in [3.05, 3.63) is 47.8 Å². The molecular weight excluding hydrogens is 280 g/mol. The second kappa shape index (κ2) is 5.60. The van der Waals surface area contributed by atoms with Gasteiger partial charge in [0.2, 0.25) is 0 Å². The molecule has 1 atom stereocenters. The first kappa shape index (κ1) is 15.7. The van der Waals surface area contributed by atoms with E-state index in [0.29, 0.717) is 11.4 Å². The fourth-order valence-corrected chi connectivity index (χ4v) is 2.03. The highest BCUT2D eigenvalue weighted by Crippen LogP contribution is 2.32. The smallest absolute Gasteiger partial charge is 0.324 e. The Morgan fingerprint density at radius 2 is 2.05 bits per heavy atom. The Morgan fingerprint density at radius 3 is 2.59 bits per heavy atom. The molecule has 0 aromatic carbocycles. The van der Waals surface area contributed by atoms with E-state index in [-0.39, 0.29) is 5.69 Å². The predicted octanol–water partition coefficient (Wildman–Crippen LogP) is 2.32. The summed E-state index contributed by atoms with van der Waals surface area (Å²) in [7, 11) is 0. The number of aromatic nitrogens is 3. The maximum absolute atomic E-state index is 12.8. The molecule has 22 heavy (non-hydrogen) atoms. The number of H-pyrrole nitrogens is 1. The first-order valence-corrected chi connectivity index (χ1v) is 6.87. The number of aromatic amines is 1. The summed E-state index contributed by atoms with van der Waals surface area (Å²) in [5, 5.41) is 9.01. The Bertz CT molecular complexity index is 710. The molecule has 0 saturated heterocycles. The molecule has 1 unspecified atom stereocenters. The number of rotatable bonds is 3. The van der Waals surface area contributed by atoms with Crippen LogP contribution in [0.15, 0.2) is 30.7 Å². The number of nitrogens with one attached hydrogen (secondary N) is 1. The van der Waals surface area contributed by atoms with E-state index in [1.165, 1.54) is 12.4 Å². The molecule has 0 aliphatic heterocycles. The van der Waals surface area contributed by atoms with Gasteiger partial charge in [0.05, 0.1) is 18.1 Å². The third-order valence-corrected chi connectivity index (χ3v) is 3.21. The Balaban J connectivity index is 2.56. The number of hydrogen-bond acceptors (Lipinski definition) is 5. The van der Waals surface area contributed by atoms with Crippen LogP contribution in [0.3, 0.4) is 0 Å². The van der Waals surface area contributed by atoms with E-state index in [4.69, 9.17) is 10.00 Å². The second-order valence-corrected chi connectivity index (χ2v) is 6.11. The van der Waals surface area contributed by atoms with E-state index in [2.05, 4.69) is 15.0 Å². The van der Waals surface area contributed by atoms with Crippen molar-refractivity contribution >= 4 is 5.97 Å². The third-order valence-electron chi connectivity index (χ3n) is 3.21. The minimum Gasteiger partial charge on any atom is -0.459 e. The standard InChI is InChI=1S/C16H18N4O2/c1-15(2,3)22-14(21)16(4,12-6-5-7-19-12)13-10-18-9-11(8-17)20-13/h5-7,9-10,19H,1-4H3. The van der Waals surface area contributed by atoms with Gasteiger partial charge in [-0.05, 0) is 39.8 Å². The molecule has 114 valence electrons. The second-order valence-electron chi connectivity index (χ2n) is 6.11. The highest BCUT2D eigenvalue weighted by molar-refractivity contribution is 5.86. The van der Waals surface area contributed by atoms with Gasteiger partial charge in [0.1, 0.15) is 17.1 Å². The van der Waals surface area contributed by atoms with Gasteiger partial charge < -0.3 is 9.72 Å². The Kier molecular flexibility index (Phi) is 4.00. The average molecular weight is 298 g/mol. The molecule has 1 N–H and O–H groups in total. The van der Waals surface area contributed by atoms with Crippen LogP contribution in [0.1, 0.15) is 44.8 Å². The van der Waals surface area contributed by atoms with Crippen LogP contribution in [0.5, 0.6) is 0 Å². The minimum atomic E-state index is -1.17. The zero-order valence-electron chi connectivity index (χ0n) is 13.0. The molecule has 0 fully saturated rings. The first-order chi connectivity index (χ1) is 10.3. The number of esters is 1. The molecule has 0 radical (unpaired) electrons. The molecule has 0 amide bonds. The molecule has 0 saturated carbocycles. The highest BCUT2D eigenvalue weighted by Gasteiger charge is 2.43. The summed E-state index contributed by atoms with van der Waals surface area (Å²) in [6, 6.07) is 5.51. The van der Waals surface area contributed by atoms with E-state index in [9.17, 15) is 4.79 Å². The zero-order valence-corrected chi connectivity index (χ0v) is 13.0. The molecule has 0 aliphatic carbocycles. The summed E-state index contributed by atoms with van der Waals surface area (Å²) in [6.07, 6.45) is 4.55. The quantitative estimate of drug-likeness (QED) is 0.878. The normalized spacial score (nSPS) is 14.0. The van der Waals surface area contributed by atoms with E-state index in [1.54, 1.807) is 46.0 Å². The number of carbonyl (C=O) groups is 1. The Labute approximate surface area is 129 Å². The maximum Gasteiger partial charge on any atom is 0.324 e. The van der Waals surface area contributed by atoms with Gasteiger partial charge >= 0.3 is 5.97 Å². The summed E-state index contributed by atoms with van der Waals surface area (Å²) in [6.45, 7) is 7.12. The van der Waals surface area contributed by atoms with E-state index in [0.717, 1.165) is 0 Å².